The van der Waals surface area contributed by atoms with Crippen molar-refractivity contribution in [2.45, 2.75) is 0 Å². The van der Waals surface area contributed by atoms with E-state index in [4.69, 9.17) is 16.0 Å². The molecule has 0 unspecified atom stereocenters. The molecule has 4 heteroatoms. The third kappa shape index (κ3) is 2.72. The van der Waals surface area contributed by atoms with Crippen LogP contribution in [0.2, 0.25) is 5.02 Å². The second-order valence-corrected chi connectivity index (χ2v) is 5.41. The molecule has 2 aromatic carbocycles. The molecule has 2 nitrogen and oxygen atoms in total. The van der Waals surface area contributed by atoms with E-state index < -0.39 is 0 Å². The smallest absolute Gasteiger partial charge is 0.226 e. The van der Waals surface area contributed by atoms with Crippen molar-refractivity contribution in [2.75, 3.05) is 0 Å². The lowest BCUT2D eigenvalue weighted by atomic mass is 10.2. The zero-order valence-electron chi connectivity index (χ0n) is 9.81. The summed E-state index contributed by atoms with van der Waals surface area (Å²) in [7, 11) is 0. The van der Waals surface area contributed by atoms with Gasteiger partial charge >= 0.3 is 0 Å². The highest BCUT2D eigenvalue weighted by molar-refractivity contribution is 9.10. The van der Waals surface area contributed by atoms with Gasteiger partial charge in [0.25, 0.3) is 0 Å². The molecule has 1 heterocycles. The lowest BCUT2D eigenvalue weighted by Crippen LogP contribution is -1.80. The molecule has 0 radical (unpaired) electrons. The molecule has 0 bridgehead atoms. The Morgan fingerprint density at radius 2 is 1.79 bits per heavy atom. The summed E-state index contributed by atoms with van der Waals surface area (Å²) in [6.07, 6.45) is 1.65. The number of aromatic nitrogens is 1. The Morgan fingerprint density at radius 1 is 1.00 bits per heavy atom. The van der Waals surface area contributed by atoms with Gasteiger partial charge in [-0.1, -0.05) is 45.7 Å². The van der Waals surface area contributed by atoms with Crippen molar-refractivity contribution in [1.29, 1.82) is 0 Å². The normalized spacial score (nSPS) is 10.6. The molecular weight excluding hydrogens is 326 g/mol. The third-order valence-corrected chi connectivity index (χ3v) is 3.48. The van der Waals surface area contributed by atoms with Crippen molar-refractivity contribution >= 4 is 27.5 Å². The molecule has 0 amide bonds. The topological polar surface area (TPSA) is 26.0 Å². The molecule has 1 aromatic heterocycles. The van der Waals surface area contributed by atoms with Crippen LogP contribution in [0.25, 0.3) is 22.7 Å². The molecule has 0 atom stereocenters. The third-order valence-electron chi connectivity index (χ3n) is 2.72. The fourth-order valence-electron chi connectivity index (χ4n) is 1.78. The molecule has 0 aliphatic rings. The van der Waals surface area contributed by atoms with Crippen LogP contribution in [-0.2, 0) is 0 Å². The van der Waals surface area contributed by atoms with Gasteiger partial charge in [0.1, 0.15) is 12.0 Å². The summed E-state index contributed by atoms with van der Waals surface area (Å²) >= 11 is 9.37. The van der Waals surface area contributed by atoms with E-state index >= 15 is 0 Å². The Kier molecular flexibility index (Phi) is 3.40. The number of rotatable bonds is 2. The Balaban J connectivity index is 1.97. The first-order valence-corrected chi connectivity index (χ1v) is 6.87. The quantitative estimate of drug-likeness (QED) is 0.625. The van der Waals surface area contributed by atoms with Crippen LogP contribution in [0, 0.1) is 0 Å². The first-order chi connectivity index (χ1) is 9.22. The van der Waals surface area contributed by atoms with E-state index in [9.17, 15) is 0 Å². The molecule has 19 heavy (non-hydrogen) atoms. The molecule has 0 saturated carbocycles. The SMILES string of the molecule is Clc1cccc(-c2nc(-c3ccc(Br)cc3)co2)c1. The van der Waals surface area contributed by atoms with Crippen molar-refractivity contribution < 1.29 is 4.42 Å². The van der Waals surface area contributed by atoms with Crippen molar-refractivity contribution in [3.8, 4) is 22.7 Å². The summed E-state index contributed by atoms with van der Waals surface area (Å²) < 4.78 is 6.55. The summed E-state index contributed by atoms with van der Waals surface area (Å²) in [6, 6.07) is 15.4. The standard InChI is InChI=1S/C15H9BrClNO/c16-12-6-4-10(5-7-12)14-9-19-15(18-14)11-2-1-3-13(17)8-11/h1-9H. The Morgan fingerprint density at radius 3 is 2.53 bits per heavy atom. The van der Waals surface area contributed by atoms with Crippen LogP contribution in [0.3, 0.4) is 0 Å². The summed E-state index contributed by atoms with van der Waals surface area (Å²) in [5, 5.41) is 0.667. The minimum absolute atomic E-state index is 0.570. The van der Waals surface area contributed by atoms with Gasteiger partial charge in [-0.2, -0.15) is 0 Å². The van der Waals surface area contributed by atoms with Crippen LogP contribution < -0.4 is 0 Å². The molecule has 0 fully saturated rings. The van der Waals surface area contributed by atoms with Crippen LogP contribution in [0.1, 0.15) is 0 Å². The zero-order valence-corrected chi connectivity index (χ0v) is 12.1. The second-order valence-electron chi connectivity index (χ2n) is 4.06. The molecule has 0 spiro atoms. The monoisotopic (exact) mass is 333 g/mol. The number of hydrogen-bond donors (Lipinski definition) is 0. The highest BCUT2D eigenvalue weighted by Gasteiger charge is 2.08. The molecule has 3 aromatic rings. The van der Waals surface area contributed by atoms with E-state index in [2.05, 4.69) is 20.9 Å². The molecular formula is C15H9BrClNO. The zero-order chi connectivity index (χ0) is 13.2. The van der Waals surface area contributed by atoms with Crippen molar-refractivity contribution in [2.24, 2.45) is 0 Å². The van der Waals surface area contributed by atoms with Crippen LogP contribution in [-0.4, -0.2) is 4.98 Å². The van der Waals surface area contributed by atoms with E-state index in [-0.39, 0.29) is 0 Å². The first kappa shape index (κ1) is 12.5. The number of oxazole rings is 1. The maximum Gasteiger partial charge on any atom is 0.226 e. The van der Waals surface area contributed by atoms with Gasteiger partial charge in [0.05, 0.1) is 0 Å². The van der Waals surface area contributed by atoms with Gasteiger partial charge in [0.2, 0.25) is 5.89 Å². The van der Waals surface area contributed by atoms with Gasteiger partial charge in [0.15, 0.2) is 0 Å². The van der Waals surface area contributed by atoms with Crippen molar-refractivity contribution in [3.05, 3.63) is 64.3 Å². The van der Waals surface area contributed by atoms with Crippen LogP contribution >= 0.6 is 27.5 Å². The van der Waals surface area contributed by atoms with Crippen molar-refractivity contribution in [3.63, 3.8) is 0 Å². The van der Waals surface area contributed by atoms with E-state index in [0.717, 1.165) is 21.3 Å². The van der Waals surface area contributed by atoms with E-state index in [1.807, 2.05) is 48.5 Å². The highest BCUT2D eigenvalue weighted by Crippen LogP contribution is 2.26. The Hall–Kier alpha value is -1.58. The minimum atomic E-state index is 0.570. The predicted molar refractivity (Wildman–Crippen MR) is 80.1 cm³/mol. The van der Waals surface area contributed by atoms with E-state index in [0.29, 0.717) is 10.9 Å². The minimum Gasteiger partial charge on any atom is -0.444 e. The number of hydrogen-bond acceptors (Lipinski definition) is 2. The highest BCUT2D eigenvalue weighted by atomic mass is 79.9. The summed E-state index contributed by atoms with van der Waals surface area (Å²) in [5.74, 6) is 0.570. The maximum absolute atomic E-state index is 5.96. The lowest BCUT2D eigenvalue weighted by Gasteiger charge is -1.96. The number of halogens is 2. The molecule has 0 N–H and O–H groups in total. The van der Waals surface area contributed by atoms with Gasteiger partial charge in [-0.05, 0) is 30.3 Å². The Bertz CT molecular complexity index is 706. The first-order valence-electron chi connectivity index (χ1n) is 5.70. The second kappa shape index (κ2) is 5.19. The van der Waals surface area contributed by atoms with Gasteiger partial charge in [-0.3, -0.25) is 0 Å². The average Bonchev–Trinajstić information content (AvgIpc) is 2.89. The number of nitrogens with zero attached hydrogens (tertiary/aromatic N) is 1. The van der Waals surface area contributed by atoms with Gasteiger partial charge < -0.3 is 4.42 Å². The summed E-state index contributed by atoms with van der Waals surface area (Å²) in [6.45, 7) is 0. The maximum atomic E-state index is 5.96. The molecule has 94 valence electrons. The fourth-order valence-corrected chi connectivity index (χ4v) is 2.24. The van der Waals surface area contributed by atoms with E-state index in [1.54, 1.807) is 6.26 Å². The molecule has 0 aliphatic carbocycles. The number of benzene rings is 2. The van der Waals surface area contributed by atoms with Gasteiger partial charge in [0, 0.05) is 20.6 Å². The van der Waals surface area contributed by atoms with Gasteiger partial charge in [-0.25, -0.2) is 4.98 Å². The summed E-state index contributed by atoms with van der Waals surface area (Å²) in [5.41, 5.74) is 2.69. The summed E-state index contributed by atoms with van der Waals surface area (Å²) in [4.78, 5) is 4.48. The fraction of sp³-hybridized carbons (Fsp3) is 0. The largest absolute Gasteiger partial charge is 0.444 e. The van der Waals surface area contributed by atoms with E-state index in [1.165, 1.54) is 0 Å². The lowest BCUT2D eigenvalue weighted by molar-refractivity contribution is 0.575. The van der Waals surface area contributed by atoms with Crippen molar-refractivity contribution in [1.82, 2.24) is 4.98 Å². The van der Waals surface area contributed by atoms with Crippen LogP contribution in [0.4, 0.5) is 0 Å². The molecule has 0 aliphatic heterocycles. The molecule has 0 saturated heterocycles. The average molecular weight is 335 g/mol. The van der Waals surface area contributed by atoms with Gasteiger partial charge in [-0.15, -0.1) is 0 Å². The Labute approximate surface area is 124 Å². The van der Waals surface area contributed by atoms with Crippen LogP contribution in [0.15, 0.2) is 63.7 Å². The van der Waals surface area contributed by atoms with Crippen LogP contribution in [0.5, 0.6) is 0 Å². The predicted octanol–water partition coefficient (Wildman–Crippen LogP) is 5.42. The molecule has 3 rings (SSSR count).